The van der Waals surface area contributed by atoms with Crippen molar-refractivity contribution in [1.29, 1.82) is 0 Å². The van der Waals surface area contributed by atoms with Gasteiger partial charge in [0.1, 0.15) is 5.76 Å². The third kappa shape index (κ3) is 4.71. The van der Waals surface area contributed by atoms with E-state index in [0.717, 1.165) is 16.6 Å². The van der Waals surface area contributed by atoms with Crippen molar-refractivity contribution in [3.63, 3.8) is 0 Å². The smallest absolute Gasteiger partial charge is 0.295 e. The van der Waals surface area contributed by atoms with E-state index in [0.29, 0.717) is 23.6 Å². The molecule has 1 aliphatic rings. The minimum absolute atomic E-state index is 0.0975. The molecule has 7 heteroatoms. The number of likely N-dealkylation sites (tertiary alicyclic amines) is 1. The lowest BCUT2D eigenvalue weighted by molar-refractivity contribution is -0.139. The molecule has 1 fully saturated rings. The fourth-order valence-corrected chi connectivity index (χ4v) is 4.00. The molecule has 0 bridgehead atoms. The molecular weight excluding hydrogens is 456 g/mol. The van der Waals surface area contributed by atoms with Crippen molar-refractivity contribution in [1.82, 2.24) is 9.80 Å². The van der Waals surface area contributed by atoms with Crippen LogP contribution in [-0.2, 0) is 9.59 Å². The number of rotatable bonds is 6. The van der Waals surface area contributed by atoms with Gasteiger partial charge in [-0.1, -0.05) is 39.7 Å². The Hall–Kier alpha value is -2.15. The van der Waals surface area contributed by atoms with Crippen LogP contribution in [0.1, 0.15) is 23.6 Å². The standard InChI is InChI=1S/C22H22BrClN2O3/c1-25(2)11-4-12-26-19(15-5-3-6-16(23)13-15)18(21(28)22(26)29)20(27)14-7-9-17(24)10-8-14/h3,5-10,13,19,27H,4,11-12H2,1-2H3. The van der Waals surface area contributed by atoms with Gasteiger partial charge in [-0.15, -0.1) is 0 Å². The van der Waals surface area contributed by atoms with Crippen molar-refractivity contribution in [3.05, 3.63) is 74.7 Å². The molecule has 152 valence electrons. The largest absolute Gasteiger partial charge is 0.507 e. The first-order chi connectivity index (χ1) is 13.8. The summed E-state index contributed by atoms with van der Waals surface area (Å²) in [6, 6.07) is 13.3. The average Bonchev–Trinajstić information content (AvgIpc) is 2.93. The second kappa shape index (κ2) is 9.11. The van der Waals surface area contributed by atoms with E-state index in [4.69, 9.17) is 11.6 Å². The molecule has 0 saturated carbocycles. The van der Waals surface area contributed by atoms with E-state index in [1.807, 2.05) is 43.3 Å². The Bertz CT molecular complexity index is 957. The summed E-state index contributed by atoms with van der Waals surface area (Å²) in [5, 5.41) is 11.5. The number of Topliss-reactive ketones (excluding diaryl/α,β-unsaturated/α-hetero) is 1. The van der Waals surface area contributed by atoms with Crippen LogP contribution in [0.2, 0.25) is 5.02 Å². The van der Waals surface area contributed by atoms with Crippen molar-refractivity contribution < 1.29 is 14.7 Å². The van der Waals surface area contributed by atoms with Gasteiger partial charge in [-0.3, -0.25) is 9.59 Å². The highest BCUT2D eigenvalue weighted by Gasteiger charge is 2.45. The summed E-state index contributed by atoms with van der Waals surface area (Å²) >= 11 is 9.39. The molecule has 5 nitrogen and oxygen atoms in total. The van der Waals surface area contributed by atoms with Crippen LogP contribution in [0.25, 0.3) is 5.76 Å². The summed E-state index contributed by atoms with van der Waals surface area (Å²) in [4.78, 5) is 29.3. The second-order valence-corrected chi connectivity index (χ2v) is 8.56. The van der Waals surface area contributed by atoms with Crippen molar-refractivity contribution in [2.75, 3.05) is 27.2 Å². The van der Waals surface area contributed by atoms with Crippen LogP contribution in [0.15, 0.2) is 58.6 Å². The van der Waals surface area contributed by atoms with Crippen LogP contribution in [0.4, 0.5) is 0 Å². The van der Waals surface area contributed by atoms with Gasteiger partial charge < -0.3 is 14.9 Å². The van der Waals surface area contributed by atoms with E-state index in [-0.39, 0.29) is 11.3 Å². The van der Waals surface area contributed by atoms with Crippen LogP contribution in [0.5, 0.6) is 0 Å². The summed E-state index contributed by atoms with van der Waals surface area (Å²) in [7, 11) is 3.92. The number of aliphatic hydroxyl groups excluding tert-OH is 1. The van der Waals surface area contributed by atoms with Gasteiger partial charge in [-0.05, 0) is 69.0 Å². The Labute approximate surface area is 183 Å². The minimum Gasteiger partial charge on any atom is -0.507 e. The number of halogens is 2. The third-order valence-corrected chi connectivity index (χ3v) is 5.57. The molecule has 0 aromatic heterocycles. The number of carbonyl (C=O) groups excluding carboxylic acids is 2. The lowest BCUT2D eigenvalue weighted by atomic mass is 9.95. The highest BCUT2D eigenvalue weighted by molar-refractivity contribution is 9.10. The number of carbonyl (C=O) groups is 2. The zero-order chi connectivity index (χ0) is 21.1. The van der Waals surface area contributed by atoms with E-state index in [1.165, 1.54) is 0 Å². The quantitative estimate of drug-likeness (QED) is 0.379. The van der Waals surface area contributed by atoms with Crippen LogP contribution in [0.3, 0.4) is 0 Å². The molecule has 1 unspecified atom stereocenters. The average molecular weight is 478 g/mol. The van der Waals surface area contributed by atoms with Gasteiger partial charge in [0.2, 0.25) is 0 Å². The molecule has 1 atom stereocenters. The number of nitrogens with zero attached hydrogens (tertiary/aromatic N) is 2. The molecule has 0 radical (unpaired) electrons. The Balaban J connectivity index is 2.09. The molecular formula is C22H22BrClN2O3. The minimum atomic E-state index is -0.674. The maximum absolute atomic E-state index is 12.9. The Morgan fingerprint density at radius 2 is 1.86 bits per heavy atom. The molecule has 1 amide bonds. The van der Waals surface area contributed by atoms with E-state index < -0.39 is 17.7 Å². The summed E-state index contributed by atoms with van der Waals surface area (Å²) in [6.07, 6.45) is 0.714. The Morgan fingerprint density at radius 3 is 2.48 bits per heavy atom. The first-order valence-electron chi connectivity index (χ1n) is 9.24. The first-order valence-corrected chi connectivity index (χ1v) is 10.4. The maximum Gasteiger partial charge on any atom is 0.295 e. The highest BCUT2D eigenvalue weighted by atomic mass is 79.9. The second-order valence-electron chi connectivity index (χ2n) is 7.21. The molecule has 0 spiro atoms. The molecule has 2 aromatic carbocycles. The number of hydrogen-bond acceptors (Lipinski definition) is 4. The molecule has 1 N–H and O–H groups in total. The van der Waals surface area contributed by atoms with Crippen LogP contribution in [0, 0.1) is 0 Å². The van der Waals surface area contributed by atoms with E-state index in [2.05, 4.69) is 15.9 Å². The SMILES string of the molecule is CN(C)CCCN1C(=O)C(=O)C(=C(O)c2ccc(Cl)cc2)C1c1cccc(Br)c1. The molecule has 1 heterocycles. The summed E-state index contributed by atoms with van der Waals surface area (Å²) < 4.78 is 0.834. The Kier molecular flexibility index (Phi) is 6.77. The molecule has 2 aromatic rings. The predicted octanol–water partition coefficient (Wildman–Crippen LogP) is 4.48. The van der Waals surface area contributed by atoms with Gasteiger partial charge in [0.05, 0.1) is 11.6 Å². The van der Waals surface area contributed by atoms with Crippen LogP contribution < -0.4 is 0 Å². The number of hydrogen-bond donors (Lipinski definition) is 1. The fraction of sp³-hybridized carbons (Fsp3) is 0.273. The normalized spacial score (nSPS) is 18.7. The summed E-state index contributed by atoms with van der Waals surface area (Å²) in [5.74, 6) is -1.46. The van der Waals surface area contributed by atoms with E-state index >= 15 is 0 Å². The van der Waals surface area contributed by atoms with Crippen LogP contribution >= 0.6 is 27.5 Å². The maximum atomic E-state index is 12.9. The van der Waals surface area contributed by atoms with Gasteiger partial charge in [-0.25, -0.2) is 0 Å². The van der Waals surface area contributed by atoms with E-state index in [9.17, 15) is 14.7 Å². The zero-order valence-corrected chi connectivity index (χ0v) is 18.6. The van der Waals surface area contributed by atoms with Gasteiger partial charge in [0.15, 0.2) is 0 Å². The number of aliphatic hydroxyl groups is 1. The van der Waals surface area contributed by atoms with Crippen molar-refractivity contribution in [2.45, 2.75) is 12.5 Å². The van der Waals surface area contributed by atoms with Crippen molar-refractivity contribution >= 4 is 45.0 Å². The number of amides is 1. The monoisotopic (exact) mass is 476 g/mol. The Morgan fingerprint density at radius 1 is 1.17 bits per heavy atom. The third-order valence-electron chi connectivity index (χ3n) is 4.83. The van der Waals surface area contributed by atoms with Crippen LogP contribution in [-0.4, -0.2) is 53.8 Å². The molecule has 29 heavy (non-hydrogen) atoms. The summed E-state index contributed by atoms with van der Waals surface area (Å²) in [6.45, 7) is 1.20. The number of benzene rings is 2. The molecule has 0 aliphatic carbocycles. The topological polar surface area (TPSA) is 60.9 Å². The zero-order valence-electron chi connectivity index (χ0n) is 16.2. The lowest BCUT2D eigenvalue weighted by Crippen LogP contribution is -2.32. The number of ketones is 1. The van der Waals surface area contributed by atoms with E-state index in [1.54, 1.807) is 29.2 Å². The lowest BCUT2D eigenvalue weighted by Gasteiger charge is -2.26. The molecule has 1 saturated heterocycles. The van der Waals surface area contributed by atoms with Crippen molar-refractivity contribution in [3.8, 4) is 0 Å². The van der Waals surface area contributed by atoms with Gasteiger partial charge >= 0.3 is 0 Å². The van der Waals surface area contributed by atoms with Gasteiger partial charge in [-0.2, -0.15) is 0 Å². The van der Waals surface area contributed by atoms with Crippen molar-refractivity contribution in [2.24, 2.45) is 0 Å². The summed E-state index contributed by atoms with van der Waals surface area (Å²) in [5.41, 5.74) is 1.31. The molecule has 1 aliphatic heterocycles. The predicted molar refractivity (Wildman–Crippen MR) is 118 cm³/mol. The first kappa shape index (κ1) is 21.6. The molecule has 3 rings (SSSR count). The fourth-order valence-electron chi connectivity index (χ4n) is 3.45. The highest BCUT2D eigenvalue weighted by Crippen LogP contribution is 2.40. The van der Waals surface area contributed by atoms with Gasteiger partial charge in [0.25, 0.3) is 11.7 Å². The van der Waals surface area contributed by atoms with Gasteiger partial charge in [0, 0.05) is 21.6 Å².